The standard InChI is InChI=1S/C17H19NO3S2/c1-12-6-7-15(22)14-8-10-18(16(12)14)23(19,20)17(2)9-4-5-13(11-17)21-3/h4-8,10-11,22H,9H2,1-3H3. The number of aryl methyl sites for hydroxylation is 1. The van der Waals surface area contributed by atoms with Gasteiger partial charge in [-0.3, -0.25) is 0 Å². The van der Waals surface area contributed by atoms with Gasteiger partial charge in [-0.2, -0.15) is 0 Å². The molecule has 4 nitrogen and oxygen atoms in total. The minimum absolute atomic E-state index is 0.404. The molecule has 0 fully saturated rings. The molecule has 1 aliphatic carbocycles. The summed E-state index contributed by atoms with van der Waals surface area (Å²) in [6, 6.07) is 5.56. The number of nitrogens with zero attached hydrogens (tertiary/aromatic N) is 1. The Morgan fingerprint density at radius 3 is 2.74 bits per heavy atom. The zero-order valence-corrected chi connectivity index (χ0v) is 15.0. The Labute approximate surface area is 141 Å². The lowest BCUT2D eigenvalue weighted by molar-refractivity contribution is 0.301. The average molecular weight is 349 g/mol. The second-order valence-corrected chi connectivity index (χ2v) is 8.71. The maximum absolute atomic E-state index is 13.3. The van der Waals surface area contributed by atoms with Crippen molar-refractivity contribution in [3.63, 3.8) is 0 Å². The van der Waals surface area contributed by atoms with Gasteiger partial charge >= 0.3 is 0 Å². The third-order valence-corrected chi connectivity index (χ3v) is 7.00. The number of hydrogen-bond donors (Lipinski definition) is 1. The van der Waals surface area contributed by atoms with Crippen LogP contribution in [0.25, 0.3) is 10.9 Å². The van der Waals surface area contributed by atoms with Gasteiger partial charge in [0, 0.05) is 16.5 Å². The molecular formula is C17H19NO3S2. The lowest BCUT2D eigenvalue weighted by Crippen LogP contribution is -2.38. The van der Waals surface area contributed by atoms with E-state index in [0.717, 1.165) is 15.8 Å². The molecule has 23 heavy (non-hydrogen) atoms. The molecule has 0 N–H and O–H groups in total. The van der Waals surface area contributed by atoms with Crippen molar-refractivity contribution in [2.45, 2.75) is 29.9 Å². The highest BCUT2D eigenvalue weighted by Crippen LogP contribution is 2.35. The van der Waals surface area contributed by atoms with Crippen LogP contribution in [0.5, 0.6) is 0 Å². The summed E-state index contributed by atoms with van der Waals surface area (Å²) in [5, 5.41) is 0.836. The highest BCUT2D eigenvalue weighted by atomic mass is 32.2. The Morgan fingerprint density at radius 1 is 1.30 bits per heavy atom. The van der Waals surface area contributed by atoms with E-state index in [2.05, 4.69) is 12.6 Å². The summed E-state index contributed by atoms with van der Waals surface area (Å²) in [4.78, 5) is 0.765. The Hall–Kier alpha value is -1.66. The van der Waals surface area contributed by atoms with Crippen molar-refractivity contribution in [2.75, 3.05) is 7.11 Å². The quantitative estimate of drug-likeness (QED) is 0.860. The minimum atomic E-state index is -3.65. The fraction of sp³-hybridized carbons (Fsp3) is 0.294. The number of ether oxygens (including phenoxy) is 1. The Balaban J connectivity index is 2.24. The molecule has 3 rings (SSSR count). The molecule has 1 aromatic heterocycles. The van der Waals surface area contributed by atoms with E-state index in [9.17, 15) is 8.42 Å². The molecule has 0 spiro atoms. The zero-order chi connectivity index (χ0) is 16.8. The molecule has 0 amide bonds. The van der Waals surface area contributed by atoms with Crippen molar-refractivity contribution >= 4 is 33.6 Å². The van der Waals surface area contributed by atoms with Crippen LogP contribution in [0.2, 0.25) is 0 Å². The molecule has 0 saturated heterocycles. The minimum Gasteiger partial charge on any atom is -0.497 e. The van der Waals surface area contributed by atoms with Crippen LogP contribution in [0.15, 0.2) is 53.3 Å². The van der Waals surface area contributed by atoms with Gasteiger partial charge in [0.15, 0.2) is 0 Å². The second kappa shape index (κ2) is 5.46. The normalized spacial score (nSPS) is 21.5. The summed E-state index contributed by atoms with van der Waals surface area (Å²) >= 11 is 4.43. The van der Waals surface area contributed by atoms with Crippen LogP contribution < -0.4 is 0 Å². The van der Waals surface area contributed by atoms with Gasteiger partial charge in [0.1, 0.15) is 10.5 Å². The molecule has 1 aromatic carbocycles. The number of benzene rings is 1. The Morgan fingerprint density at radius 2 is 2.04 bits per heavy atom. The highest BCUT2D eigenvalue weighted by Gasteiger charge is 2.40. The Kier molecular flexibility index (Phi) is 3.84. The van der Waals surface area contributed by atoms with Crippen molar-refractivity contribution in [3.05, 3.63) is 53.9 Å². The van der Waals surface area contributed by atoms with E-state index in [1.165, 1.54) is 11.1 Å². The van der Waals surface area contributed by atoms with Gasteiger partial charge < -0.3 is 4.74 Å². The topological polar surface area (TPSA) is 48.3 Å². The lowest BCUT2D eigenvalue weighted by Gasteiger charge is -2.28. The molecule has 2 aromatic rings. The van der Waals surface area contributed by atoms with Crippen LogP contribution >= 0.6 is 12.6 Å². The van der Waals surface area contributed by atoms with Crippen molar-refractivity contribution in [3.8, 4) is 0 Å². The van der Waals surface area contributed by atoms with E-state index in [1.54, 1.807) is 31.3 Å². The van der Waals surface area contributed by atoms with Crippen molar-refractivity contribution in [1.82, 2.24) is 3.97 Å². The number of hydrogen-bond acceptors (Lipinski definition) is 4. The third kappa shape index (κ3) is 2.40. The van der Waals surface area contributed by atoms with E-state index in [-0.39, 0.29) is 0 Å². The van der Waals surface area contributed by atoms with Crippen molar-refractivity contribution < 1.29 is 13.2 Å². The van der Waals surface area contributed by atoms with Gasteiger partial charge in [-0.25, -0.2) is 12.4 Å². The van der Waals surface area contributed by atoms with Gasteiger partial charge in [0.25, 0.3) is 0 Å². The molecule has 1 aliphatic rings. The fourth-order valence-corrected chi connectivity index (χ4v) is 4.91. The first-order valence-corrected chi connectivity index (χ1v) is 9.17. The molecule has 6 heteroatoms. The van der Waals surface area contributed by atoms with Gasteiger partial charge in [-0.1, -0.05) is 12.1 Å². The summed E-state index contributed by atoms with van der Waals surface area (Å²) in [5.74, 6) is 0.561. The molecule has 1 unspecified atom stereocenters. The van der Waals surface area contributed by atoms with Crippen molar-refractivity contribution in [1.29, 1.82) is 0 Å². The van der Waals surface area contributed by atoms with Crippen LogP contribution in [0.1, 0.15) is 18.9 Å². The largest absolute Gasteiger partial charge is 0.497 e. The third-order valence-electron chi connectivity index (χ3n) is 4.33. The van der Waals surface area contributed by atoms with E-state index in [4.69, 9.17) is 4.74 Å². The molecule has 0 aliphatic heterocycles. The number of methoxy groups -OCH3 is 1. The van der Waals surface area contributed by atoms with E-state index in [1.807, 2.05) is 25.1 Å². The van der Waals surface area contributed by atoms with Gasteiger partial charge in [0.05, 0.1) is 12.6 Å². The number of allylic oxidation sites excluding steroid dienone is 2. The average Bonchev–Trinajstić information content (AvgIpc) is 2.98. The summed E-state index contributed by atoms with van der Waals surface area (Å²) < 4.78 is 32.2. The van der Waals surface area contributed by atoms with Gasteiger partial charge in [0.2, 0.25) is 10.0 Å². The van der Waals surface area contributed by atoms with Crippen LogP contribution in [0.4, 0.5) is 0 Å². The van der Waals surface area contributed by atoms with E-state index in [0.29, 0.717) is 17.7 Å². The van der Waals surface area contributed by atoms with E-state index >= 15 is 0 Å². The first kappa shape index (κ1) is 16.2. The summed E-state index contributed by atoms with van der Waals surface area (Å²) in [7, 11) is -2.11. The van der Waals surface area contributed by atoms with Gasteiger partial charge in [-0.15, -0.1) is 12.6 Å². The van der Waals surface area contributed by atoms with Gasteiger partial charge in [-0.05, 0) is 50.1 Å². The molecule has 1 heterocycles. The maximum atomic E-state index is 13.3. The highest BCUT2D eigenvalue weighted by molar-refractivity contribution is 7.91. The number of aromatic nitrogens is 1. The van der Waals surface area contributed by atoms with Crippen LogP contribution in [-0.4, -0.2) is 24.2 Å². The smallest absolute Gasteiger partial charge is 0.248 e. The summed E-state index contributed by atoms with van der Waals surface area (Å²) in [6.07, 6.45) is 7.31. The monoisotopic (exact) mass is 349 g/mol. The summed E-state index contributed by atoms with van der Waals surface area (Å²) in [6.45, 7) is 3.62. The molecule has 122 valence electrons. The van der Waals surface area contributed by atoms with E-state index < -0.39 is 14.8 Å². The predicted octanol–water partition coefficient (Wildman–Crippen LogP) is 3.67. The van der Waals surface area contributed by atoms with Crippen LogP contribution in [0.3, 0.4) is 0 Å². The number of thiol groups is 1. The lowest BCUT2D eigenvalue weighted by atomic mass is 10.0. The Bertz CT molecular complexity index is 938. The molecular weight excluding hydrogens is 330 g/mol. The molecule has 0 bridgehead atoms. The van der Waals surface area contributed by atoms with Crippen molar-refractivity contribution in [2.24, 2.45) is 0 Å². The zero-order valence-electron chi connectivity index (χ0n) is 13.3. The van der Waals surface area contributed by atoms with Crippen LogP contribution in [0, 0.1) is 6.92 Å². The molecule has 1 atom stereocenters. The number of rotatable bonds is 3. The first-order valence-electron chi connectivity index (χ1n) is 7.28. The number of fused-ring (bicyclic) bond motifs is 1. The second-order valence-electron chi connectivity index (χ2n) is 5.95. The SMILES string of the molecule is COC1=CC(C)(S(=O)(=O)n2ccc3c(S)ccc(C)c32)CC=C1. The van der Waals surface area contributed by atoms with Crippen LogP contribution in [-0.2, 0) is 14.8 Å². The maximum Gasteiger partial charge on any atom is 0.248 e. The predicted molar refractivity (Wildman–Crippen MR) is 95.5 cm³/mol. The fourth-order valence-electron chi connectivity index (χ4n) is 2.93. The molecule has 0 radical (unpaired) electrons. The first-order chi connectivity index (χ1) is 10.8. The summed E-state index contributed by atoms with van der Waals surface area (Å²) in [5.41, 5.74) is 1.58. The molecule has 0 saturated carbocycles.